The highest BCUT2D eigenvalue weighted by Crippen LogP contribution is 2.18. The van der Waals surface area contributed by atoms with E-state index in [4.69, 9.17) is 14.9 Å². The predicted octanol–water partition coefficient (Wildman–Crippen LogP) is 2.58. The largest absolute Gasteiger partial charge is 0.496 e. The molecule has 0 bridgehead atoms. The Kier molecular flexibility index (Phi) is 7.65. The van der Waals surface area contributed by atoms with Crippen LogP contribution in [0.1, 0.15) is 21.5 Å². The Labute approximate surface area is 144 Å². The van der Waals surface area contributed by atoms with Crippen molar-refractivity contribution in [2.75, 3.05) is 12.4 Å². The van der Waals surface area contributed by atoms with Gasteiger partial charge in [-0.1, -0.05) is 24.3 Å². The quantitative estimate of drug-likeness (QED) is 0.694. The van der Waals surface area contributed by atoms with Crippen LogP contribution in [0.3, 0.4) is 0 Å². The molecule has 7 nitrogen and oxygen atoms in total. The fourth-order valence-electron chi connectivity index (χ4n) is 2.08. The van der Waals surface area contributed by atoms with Crippen LogP contribution in [-0.4, -0.2) is 35.7 Å². The van der Waals surface area contributed by atoms with E-state index in [1.807, 2.05) is 13.0 Å². The van der Waals surface area contributed by atoms with Gasteiger partial charge < -0.3 is 20.3 Å². The minimum atomic E-state index is -1.06. The average Bonchev–Trinajstić information content (AvgIpc) is 2.56. The summed E-state index contributed by atoms with van der Waals surface area (Å²) >= 11 is 0. The lowest BCUT2D eigenvalue weighted by Gasteiger charge is -2.05. The van der Waals surface area contributed by atoms with Gasteiger partial charge >= 0.3 is 11.9 Å². The van der Waals surface area contributed by atoms with Crippen molar-refractivity contribution in [3.63, 3.8) is 0 Å². The number of aromatic carboxylic acids is 1. The molecule has 0 radical (unpaired) electrons. The van der Waals surface area contributed by atoms with Gasteiger partial charge in [-0.05, 0) is 36.2 Å². The Bertz CT molecular complexity index is 757. The topological polar surface area (TPSA) is 113 Å². The van der Waals surface area contributed by atoms with Crippen molar-refractivity contribution in [2.45, 2.75) is 13.3 Å². The van der Waals surface area contributed by atoms with Crippen molar-refractivity contribution in [2.24, 2.45) is 0 Å². The summed E-state index contributed by atoms with van der Waals surface area (Å²) in [6.07, 6.45) is 0.507. The van der Waals surface area contributed by atoms with E-state index in [1.165, 1.54) is 12.1 Å². The highest BCUT2D eigenvalue weighted by atomic mass is 16.5. The van der Waals surface area contributed by atoms with Crippen molar-refractivity contribution in [1.29, 1.82) is 0 Å². The molecule has 25 heavy (non-hydrogen) atoms. The number of aryl methyl sites for hydroxylation is 1. The van der Waals surface area contributed by atoms with Crippen LogP contribution >= 0.6 is 0 Å². The Hall–Kier alpha value is -3.35. The van der Waals surface area contributed by atoms with E-state index >= 15 is 0 Å². The lowest BCUT2D eigenvalue weighted by atomic mass is 10.1. The molecule has 0 saturated carbocycles. The number of aliphatic carboxylic acids is 1. The first-order valence-electron chi connectivity index (χ1n) is 7.26. The molecule has 1 amide bonds. The maximum absolute atomic E-state index is 10.5. The molecule has 7 heteroatoms. The van der Waals surface area contributed by atoms with E-state index in [-0.39, 0.29) is 12.0 Å². The number of carbonyl (C=O) groups excluding carboxylic acids is 1. The van der Waals surface area contributed by atoms with Crippen LogP contribution in [0.4, 0.5) is 5.69 Å². The second kappa shape index (κ2) is 9.71. The highest BCUT2D eigenvalue weighted by Gasteiger charge is 2.07. The molecule has 0 aliphatic carbocycles. The molecule has 2 rings (SSSR count). The number of nitrogens with one attached hydrogen (secondary N) is 1. The summed E-state index contributed by atoms with van der Waals surface area (Å²) in [7, 11) is 1.60. The summed E-state index contributed by atoms with van der Waals surface area (Å²) < 4.78 is 5.06. The van der Waals surface area contributed by atoms with Gasteiger partial charge in [0, 0.05) is 0 Å². The molecule has 0 atom stereocenters. The zero-order valence-corrected chi connectivity index (χ0v) is 13.9. The van der Waals surface area contributed by atoms with Crippen LogP contribution in [0.15, 0.2) is 42.5 Å². The maximum Gasteiger partial charge on any atom is 0.337 e. The molecule has 2 aromatic rings. The van der Waals surface area contributed by atoms with E-state index in [1.54, 1.807) is 31.4 Å². The number of para-hydroxylation sites is 1. The third kappa shape index (κ3) is 6.34. The summed E-state index contributed by atoms with van der Waals surface area (Å²) in [6, 6.07) is 11.6. The van der Waals surface area contributed by atoms with Gasteiger partial charge in [0.05, 0.1) is 24.8 Å². The fourth-order valence-corrected chi connectivity index (χ4v) is 2.08. The predicted molar refractivity (Wildman–Crippen MR) is 92.2 cm³/mol. The Morgan fingerprint density at radius 3 is 2.36 bits per heavy atom. The monoisotopic (exact) mass is 345 g/mol. The molecule has 0 unspecified atom stereocenters. The highest BCUT2D eigenvalue weighted by molar-refractivity contribution is 5.96. The van der Waals surface area contributed by atoms with Crippen LogP contribution < -0.4 is 10.1 Å². The number of hydrogen-bond acceptors (Lipinski definition) is 4. The molecular weight excluding hydrogens is 326 g/mol. The van der Waals surface area contributed by atoms with Crippen molar-refractivity contribution >= 4 is 24.0 Å². The molecule has 132 valence electrons. The normalized spacial score (nSPS) is 9.36. The minimum absolute atomic E-state index is 0.0604. The minimum Gasteiger partial charge on any atom is -0.496 e. The number of hydrogen-bond donors (Lipinski definition) is 3. The molecule has 0 fully saturated rings. The van der Waals surface area contributed by atoms with Crippen molar-refractivity contribution in [3.05, 3.63) is 59.2 Å². The van der Waals surface area contributed by atoms with E-state index < -0.39 is 11.9 Å². The number of ether oxygens (including phenoxy) is 1. The van der Waals surface area contributed by atoms with Crippen molar-refractivity contribution < 1.29 is 29.3 Å². The second-order valence-corrected chi connectivity index (χ2v) is 4.99. The number of rotatable bonds is 6. The number of anilines is 1. The van der Waals surface area contributed by atoms with Gasteiger partial charge in [-0.2, -0.15) is 0 Å². The lowest BCUT2D eigenvalue weighted by molar-refractivity contribution is -0.136. The molecule has 3 N–H and O–H groups in total. The number of carboxylic acid groups (broad SMARTS) is 2. The van der Waals surface area contributed by atoms with E-state index in [9.17, 15) is 14.4 Å². The van der Waals surface area contributed by atoms with E-state index in [0.717, 1.165) is 16.9 Å². The van der Waals surface area contributed by atoms with Gasteiger partial charge in [0.15, 0.2) is 0 Å². The zero-order valence-electron chi connectivity index (χ0n) is 13.9. The molecule has 0 aliphatic rings. The van der Waals surface area contributed by atoms with E-state index in [0.29, 0.717) is 12.1 Å². The summed E-state index contributed by atoms with van der Waals surface area (Å²) in [5, 5.41) is 19.5. The summed E-state index contributed by atoms with van der Waals surface area (Å²) in [4.78, 5) is 31.0. The molecule has 0 aliphatic heterocycles. The average molecular weight is 345 g/mol. The summed E-state index contributed by atoms with van der Waals surface area (Å²) in [6.45, 7) is 1.89. The molecule has 0 spiro atoms. The standard InChI is InChI=1S/C10H12O3.C8H7NO3/c1-7-5-8(6-10(11)12)3-4-9(7)13-2;10-5-9-7-4-2-1-3-6(7)8(11)12/h3-5H,6H2,1-2H3,(H,11,12);1-5H,(H,9,10)(H,11,12). The van der Waals surface area contributed by atoms with Crippen molar-refractivity contribution in [1.82, 2.24) is 0 Å². The number of carboxylic acids is 2. The first-order valence-corrected chi connectivity index (χ1v) is 7.26. The number of benzene rings is 2. The van der Waals surface area contributed by atoms with Crippen LogP contribution in [0.2, 0.25) is 0 Å². The smallest absolute Gasteiger partial charge is 0.337 e. The van der Waals surface area contributed by atoms with Crippen molar-refractivity contribution in [3.8, 4) is 5.75 Å². The first-order chi connectivity index (χ1) is 11.9. The Balaban J connectivity index is 0.000000251. The lowest BCUT2D eigenvalue weighted by Crippen LogP contribution is -2.03. The van der Waals surface area contributed by atoms with Gasteiger partial charge in [0.25, 0.3) is 0 Å². The maximum atomic E-state index is 10.5. The van der Waals surface area contributed by atoms with Gasteiger partial charge in [0.1, 0.15) is 5.75 Å². The Morgan fingerprint density at radius 2 is 1.84 bits per heavy atom. The van der Waals surface area contributed by atoms with Crippen LogP contribution in [0, 0.1) is 6.92 Å². The molecule has 2 aromatic carbocycles. The second-order valence-electron chi connectivity index (χ2n) is 4.99. The van der Waals surface area contributed by atoms with Gasteiger partial charge in [-0.15, -0.1) is 0 Å². The van der Waals surface area contributed by atoms with E-state index in [2.05, 4.69) is 5.32 Å². The third-order valence-corrected chi connectivity index (χ3v) is 3.19. The zero-order chi connectivity index (χ0) is 18.8. The SMILES string of the molecule is COc1ccc(CC(=O)O)cc1C.O=CNc1ccccc1C(=O)O. The van der Waals surface area contributed by atoms with Crippen LogP contribution in [-0.2, 0) is 16.0 Å². The first kappa shape index (κ1) is 19.7. The van der Waals surface area contributed by atoms with Gasteiger partial charge in [0.2, 0.25) is 6.41 Å². The third-order valence-electron chi connectivity index (χ3n) is 3.19. The number of carbonyl (C=O) groups is 3. The molecule has 0 heterocycles. The number of amides is 1. The molecule has 0 saturated heterocycles. The molecule has 0 aromatic heterocycles. The Morgan fingerprint density at radius 1 is 1.16 bits per heavy atom. The summed E-state index contributed by atoms with van der Waals surface area (Å²) in [5.74, 6) is -1.08. The van der Waals surface area contributed by atoms with Gasteiger partial charge in [-0.3, -0.25) is 9.59 Å². The summed E-state index contributed by atoms with van der Waals surface area (Å²) in [5.41, 5.74) is 2.15. The van der Waals surface area contributed by atoms with Gasteiger partial charge in [-0.25, -0.2) is 4.79 Å². The fraction of sp³-hybridized carbons (Fsp3) is 0.167. The van der Waals surface area contributed by atoms with Crippen LogP contribution in [0.25, 0.3) is 0 Å². The van der Waals surface area contributed by atoms with Crippen LogP contribution in [0.5, 0.6) is 5.75 Å². The molecular formula is C18H19NO6. The number of methoxy groups -OCH3 is 1.